The molecular formula is C12H12N. The maximum Gasteiger partial charge on any atom is 0.0706 e. The number of benzene rings is 1. The lowest BCUT2D eigenvalue weighted by Crippen LogP contribution is -2.16. The number of hydrogen-bond acceptors (Lipinski definition) is 0. The number of rotatable bonds is 1. The second kappa shape index (κ2) is 2.63. The first-order valence-electron chi connectivity index (χ1n) is 4.96. The molecule has 0 N–H and O–H groups in total. The monoisotopic (exact) mass is 170 g/mol. The molecule has 1 fully saturated rings. The topological polar surface area (TPSA) is 14.1 Å². The Bertz CT molecular complexity index is 361. The number of para-hydroxylation sites is 1. The lowest BCUT2D eigenvalue weighted by Gasteiger charge is -2.25. The Morgan fingerprint density at radius 1 is 1.15 bits per heavy atom. The molecule has 1 radical (unpaired) electrons. The fourth-order valence-electron chi connectivity index (χ4n) is 1.96. The largest absolute Gasteiger partial charge is 0.253 e. The van der Waals surface area contributed by atoms with Crippen LogP contribution in [-0.2, 0) is 0 Å². The number of allylic oxidation sites excluding steroid dienone is 1. The van der Waals surface area contributed by atoms with Gasteiger partial charge in [0, 0.05) is 17.2 Å². The van der Waals surface area contributed by atoms with Gasteiger partial charge in [-0.2, -0.15) is 0 Å². The van der Waals surface area contributed by atoms with Gasteiger partial charge in [-0.05, 0) is 25.0 Å². The SMILES string of the molecule is C1=C(C2CCC2)[N]c2ccccc21. The summed E-state index contributed by atoms with van der Waals surface area (Å²) in [5, 5.41) is 4.63. The van der Waals surface area contributed by atoms with Crippen molar-refractivity contribution < 1.29 is 0 Å². The summed E-state index contributed by atoms with van der Waals surface area (Å²) >= 11 is 0. The zero-order valence-corrected chi connectivity index (χ0v) is 7.53. The molecule has 13 heavy (non-hydrogen) atoms. The minimum absolute atomic E-state index is 0.757. The molecule has 1 aliphatic heterocycles. The summed E-state index contributed by atoms with van der Waals surface area (Å²) in [5.41, 5.74) is 3.77. The molecule has 0 atom stereocenters. The van der Waals surface area contributed by atoms with Crippen molar-refractivity contribution in [2.24, 2.45) is 5.92 Å². The van der Waals surface area contributed by atoms with E-state index in [0.717, 1.165) is 11.6 Å². The van der Waals surface area contributed by atoms with Gasteiger partial charge in [0.1, 0.15) is 0 Å². The van der Waals surface area contributed by atoms with Gasteiger partial charge in [-0.3, -0.25) is 5.32 Å². The smallest absolute Gasteiger partial charge is 0.0706 e. The first kappa shape index (κ1) is 7.19. The molecule has 65 valence electrons. The predicted octanol–water partition coefficient (Wildman–Crippen LogP) is 3.08. The molecule has 1 saturated carbocycles. The number of fused-ring (bicyclic) bond motifs is 1. The predicted molar refractivity (Wildman–Crippen MR) is 53.6 cm³/mol. The van der Waals surface area contributed by atoms with Crippen LogP contribution in [0.3, 0.4) is 0 Å². The van der Waals surface area contributed by atoms with E-state index in [4.69, 9.17) is 0 Å². The van der Waals surface area contributed by atoms with Crippen LogP contribution in [0.15, 0.2) is 30.0 Å². The van der Waals surface area contributed by atoms with Crippen LogP contribution in [0.25, 0.3) is 6.08 Å². The normalized spacial score (nSPS) is 20.2. The molecular weight excluding hydrogens is 158 g/mol. The molecule has 1 nitrogen and oxygen atoms in total. The fourth-order valence-corrected chi connectivity index (χ4v) is 1.96. The first-order chi connectivity index (χ1) is 6.43. The third-order valence-electron chi connectivity index (χ3n) is 3.01. The zero-order chi connectivity index (χ0) is 8.67. The van der Waals surface area contributed by atoms with E-state index in [0.29, 0.717) is 0 Å². The highest BCUT2D eigenvalue weighted by atomic mass is 14.9. The van der Waals surface area contributed by atoms with Crippen LogP contribution in [0.2, 0.25) is 0 Å². The molecule has 0 unspecified atom stereocenters. The third kappa shape index (κ3) is 1.07. The molecule has 1 aromatic rings. The van der Waals surface area contributed by atoms with Crippen LogP contribution in [-0.4, -0.2) is 0 Å². The Morgan fingerprint density at radius 3 is 2.69 bits per heavy atom. The van der Waals surface area contributed by atoms with Crippen LogP contribution in [0, 0.1) is 5.92 Å². The summed E-state index contributed by atoms with van der Waals surface area (Å²) in [6.07, 6.45) is 6.31. The van der Waals surface area contributed by atoms with Crippen molar-refractivity contribution in [1.29, 1.82) is 0 Å². The molecule has 0 amide bonds. The summed E-state index contributed by atoms with van der Waals surface area (Å²) < 4.78 is 0. The summed E-state index contributed by atoms with van der Waals surface area (Å²) in [4.78, 5) is 0. The average Bonchev–Trinajstić information content (AvgIpc) is 2.43. The molecule has 0 saturated heterocycles. The molecule has 0 spiro atoms. The molecule has 3 rings (SSSR count). The van der Waals surface area contributed by atoms with Gasteiger partial charge in [-0.1, -0.05) is 24.6 Å². The summed E-state index contributed by atoms with van der Waals surface area (Å²) in [6.45, 7) is 0. The van der Waals surface area contributed by atoms with Crippen molar-refractivity contribution in [3.63, 3.8) is 0 Å². The maximum absolute atomic E-state index is 4.63. The highest BCUT2D eigenvalue weighted by Crippen LogP contribution is 2.39. The van der Waals surface area contributed by atoms with E-state index < -0.39 is 0 Å². The summed E-state index contributed by atoms with van der Waals surface area (Å²) in [5.74, 6) is 0.757. The van der Waals surface area contributed by atoms with E-state index in [2.05, 4.69) is 35.7 Å². The maximum atomic E-state index is 4.63. The van der Waals surface area contributed by atoms with Crippen molar-refractivity contribution in [2.75, 3.05) is 0 Å². The van der Waals surface area contributed by atoms with Crippen LogP contribution >= 0.6 is 0 Å². The van der Waals surface area contributed by atoms with Gasteiger partial charge >= 0.3 is 0 Å². The molecule has 1 aromatic carbocycles. The van der Waals surface area contributed by atoms with Crippen molar-refractivity contribution in [2.45, 2.75) is 19.3 Å². The Balaban J connectivity index is 1.91. The number of nitrogens with zero attached hydrogens (tertiary/aromatic N) is 1. The van der Waals surface area contributed by atoms with E-state index in [1.54, 1.807) is 0 Å². The van der Waals surface area contributed by atoms with Gasteiger partial charge in [-0.15, -0.1) is 0 Å². The standard InChI is InChI=1S/C12H12N/c1-2-7-11-10(4-1)8-12(13-11)9-5-3-6-9/h1-2,4,7-9H,3,5-6H2. The highest BCUT2D eigenvalue weighted by molar-refractivity contribution is 5.72. The van der Waals surface area contributed by atoms with Gasteiger partial charge in [0.25, 0.3) is 0 Å². The van der Waals surface area contributed by atoms with Crippen LogP contribution < -0.4 is 5.32 Å². The van der Waals surface area contributed by atoms with Gasteiger partial charge in [0.05, 0.1) is 5.69 Å². The number of hydrogen-bond donors (Lipinski definition) is 0. The fraction of sp³-hybridized carbons (Fsp3) is 0.333. The van der Waals surface area contributed by atoms with Crippen LogP contribution in [0.5, 0.6) is 0 Å². The minimum Gasteiger partial charge on any atom is -0.253 e. The quantitative estimate of drug-likeness (QED) is 0.615. The van der Waals surface area contributed by atoms with Gasteiger partial charge in [0.15, 0.2) is 0 Å². The lowest BCUT2D eigenvalue weighted by molar-refractivity contribution is 0.360. The average molecular weight is 170 g/mol. The summed E-state index contributed by atoms with van der Waals surface area (Å²) in [7, 11) is 0. The lowest BCUT2D eigenvalue weighted by atomic mass is 9.83. The van der Waals surface area contributed by atoms with Gasteiger partial charge < -0.3 is 0 Å². The Morgan fingerprint density at radius 2 is 2.00 bits per heavy atom. The zero-order valence-electron chi connectivity index (χ0n) is 7.53. The van der Waals surface area contributed by atoms with E-state index >= 15 is 0 Å². The van der Waals surface area contributed by atoms with E-state index in [-0.39, 0.29) is 0 Å². The van der Waals surface area contributed by atoms with Crippen molar-refractivity contribution in [3.8, 4) is 0 Å². The van der Waals surface area contributed by atoms with Gasteiger partial charge in [0.2, 0.25) is 0 Å². The molecule has 1 heterocycles. The Labute approximate surface area is 78.5 Å². The third-order valence-corrected chi connectivity index (χ3v) is 3.01. The van der Waals surface area contributed by atoms with E-state index in [1.807, 2.05) is 0 Å². The molecule has 0 aromatic heterocycles. The van der Waals surface area contributed by atoms with Crippen LogP contribution in [0.1, 0.15) is 24.8 Å². The Kier molecular flexibility index (Phi) is 1.45. The molecule has 0 bridgehead atoms. The van der Waals surface area contributed by atoms with Crippen molar-refractivity contribution in [1.82, 2.24) is 5.32 Å². The van der Waals surface area contributed by atoms with Crippen molar-refractivity contribution in [3.05, 3.63) is 35.5 Å². The van der Waals surface area contributed by atoms with Gasteiger partial charge in [-0.25, -0.2) is 0 Å². The highest BCUT2D eigenvalue weighted by Gasteiger charge is 2.26. The molecule has 1 heteroatoms. The van der Waals surface area contributed by atoms with Crippen LogP contribution in [0.4, 0.5) is 5.69 Å². The minimum atomic E-state index is 0.757. The van der Waals surface area contributed by atoms with Crippen molar-refractivity contribution >= 4 is 11.8 Å². The second-order valence-electron chi connectivity index (χ2n) is 3.87. The van der Waals surface area contributed by atoms with E-state index in [1.165, 1.54) is 30.5 Å². The second-order valence-corrected chi connectivity index (χ2v) is 3.87. The Hall–Kier alpha value is -1.24. The molecule has 2 aliphatic rings. The molecule has 1 aliphatic carbocycles. The summed E-state index contributed by atoms with van der Waals surface area (Å²) in [6, 6.07) is 8.37. The van der Waals surface area contributed by atoms with E-state index in [9.17, 15) is 0 Å². The first-order valence-corrected chi connectivity index (χ1v) is 4.96.